The normalized spacial score (nSPS) is 12.0. The predicted molar refractivity (Wildman–Crippen MR) is 106 cm³/mol. The first kappa shape index (κ1) is 18.4. The summed E-state index contributed by atoms with van der Waals surface area (Å²) in [4.78, 5) is 14.4. The molecule has 0 aliphatic carbocycles. The lowest BCUT2D eigenvalue weighted by atomic mass is 10.0. The van der Waals surface area contributed by atoms with Crippen LogP contribution in [0.25, 0.3) is 6.08 Å². The summed E-state index contributed by atoms with van der Waals surface area (Å²) in [6.07, 6.45) is 11.5. The van der Waals surface area contributed by atoms with E-state index < -0.39 is 0 Å². The molecule has 0 spiro atoms. The SMILES string of the molecule is CCCCCC(=C/c1ccccc1)/C=C/C(=O)c1ccc(CC)s1. The molecule has 0 radical (unpaired) electrons. The molecule has 0 amide bonds. The van der Waals surface area contributed by atoms with Crippen LogP contribution in [-0.4, -0.2) is 5.78 Å². The van der Waals surface area contributed by atoms with Crippen LogP contribution in [-0.2, 0) is 6.42 Å². The summed E-state index contributed by atoms with van der Waals surface area (Å²) >= 11 is 1.60. The molecule has 0 fully saturated rings. The number of carbonyl (C=O) groups is 1. The molecule has 1 aromatic heterocycles. The molecular formula is C22H26OS. The summed E-state index contributed by atoms with van der Waals surface area (Å²) in [6, 6.07) is 14.3. The maximum Gasteiger partial charge on any atom is 0.195 e. The van der Waals surface area contributed by atoms with Gasteiger partial charge < -0.3 is 0 Å². The Labute approximate surface area is 149 Å². The van der Waals surface area contributed by atoms with Gasteiger partial charge in [0.15, 0.2) is 5.78 Å². The number of carbonyl (C=O) groups excluding carboxylic acids is 1. The first-order valence-corrected chi connectivity index (χ1v) is 9.61. The molecule has 0 unspecified atom stereocenters. The third kappa shape index (κ3) is 5.93. The van der Waals surface area contributed by atoms with E-state index in [1.165, 1.54) is 28.9 Å². The Hall–Kier alpha value is -1.93. The molecule has 2 rings (SSSR count). The Morgan fingerprint density at radius 3 is 2.46 bits per heavy atom. The minimum absolute atomic E-state index is 0.106. The molecule has 24 heavy (non-hydrogen) atoms. The quantitative estimate of drug-likeness (QED) is 0.215. The third-order valence-corrected chi connectivity index (χ3v) is 5.17. The van der Waals surface area contributed by atoms with E-state index in [1.54, 1.807) is 17.4 Å². The number of hydrogen-bond donors (Lipinski definition) is 0. The van der Waals surface area contributed by atoms with Crippen LogP contribution >= 0.6 is 11.3 Å². The molecule has 1 aromatic carbocycles. The Kier molecular flexibility index (Phi) is 7.70. The fraction of sp³-hybridized carbons (Fsp3) is 0.318. The number of rotatable bonds is 9. The number of thiophene rings is 1. The zero-order valence-electron chi connectivity index (χ0n) is 14.6. The maximum atomic E-state index is 12.4. The zero-order valence-corrected chi connectivity index (χ0v) is 15.4. The average Bonchev–Trinajstić information content (AvgIpc) is 3.09. The summed E-state index contributed by atoms with van der Waals surface area (Å²) in [5.74, 6) is 0.106. The van der Waals surface area contributed by atoms with Crippen molar-refractivity contribution in [2.45, 2.75) is 46.0 Å². The van der Waals surface area contributed by atoms with Crippen molar-refractivity contribution in [1.29, 1.82) is 0 Å². The highest BCUT2D eigenvalue weighted by atomic mass is 32.1. The minimum atomic E-state index is 0.106. The fourth-order valence-corrected chi connectivity index (χ4v) is 3.38. The van der Waals surface area contributed by atoms with Gasteiger partial charge in [-0.2, -0.15) is 0 Å². The standard InChI is InChI=1S/C22H26OS/c1-3-5-7-10-19(17-18-11-8-6-9-12-18)13-15-21(23)22-16-14-20(4-2)24-22/h6,8-9,11-17H,3-5,7,10H2,1-2H3/b15-13+,19-17-. The molecule has 2 heteroatoms. The van der Waals surface area contributed by atoms with Crippen LogP contribution in [0.2, 0.25) is 0 Å². The van der Waals surface area contributed by atoms with E-state index in [0.29, 0.717) is 0 Å². The van der Waals surface area contributed by atoms with Gasteiger partial charge in [-0.15, -0.1) is 11.3 Å². The van der Waals surface area contributed by atoms with Crippen LogP contribution in [0.5, 0.6) is 0 Å². The van der Waals surface area contributed by atoms with Gasteiger partial charge in [0.2, 0.25) is 0 Å². The Balaban J connectivity index is 2.11. The summed E-state index contributed by atoms with van der Waals surface area (Å²) < 4.78 is 0. The van der Waals surface area contributed by atoms with Crippen molar-refractivity contribution >= 4 is 23.2 Å². The molecule has 0 bridgehead atoms. The second-order valence-corrected chi connectivity index (χ2v) is 7.07. The summed E-state index contributed by atoms with van der Waals surface area (Å²) in [6.45, 7) is 4.33. The van der Waals surface area contributed by atoms with Gasteiger partial charge in [0.05, 0.1) is 4.88 Å². The van der Waals surface area contributed by atoms with Crippen molar-refractivity contribution in [1.82, 2.24) is 0 Å². The van der Waals surface area contributed by atoms with Crippen LogP contribution in [0.15, 0.2) is 60.2 Å². The Morgan fingerprint density at radius 2 is 1.79 bits per heavy atom. The topological polar surface area (TPSA) is 17.1 Å². The Morgan fingerprint density at radius 1 is 1.00 bits per heavy atom. The molecular weight excluding hydrogens is 312 g/mol. The van der Waals surface area contributed by atoms with Gasteiger partial charge in [-0.05, 0) is 48.6 Å². The molecule has 0 aliphatic rings. The van der Waals surface area contributed by atoms with Crippen molar-refractivity contribution in [3.63, 3.8) is 0 Å². The van der Waals surface area contributed by atoms with Crippen molar-refractivity contribution in [3.8, 4) is 0 Å². The third-order valence-electron chi connectivity index (χ3n) is 3.92. The molecule has 0 atom stereocenters. The number of hydrogen-bond acceptors (Lipinski definition) is 2. The molecule has 0 N–H and O–H groups in total. The van der Waals surface area contributed by atoms with E-state index in [1.807, 2.05) is 36.4 Å². The minimum Gasteiger partial charge on any atom is -0.288 e. The number of allylic oxidation sites excluding steroid dienone is 3. The fourth-order valence-electron chi connectivity index (χ4n) is 2.51. The van der Waals surface area contributed by atoms with Crippen molar-refractivity contribution in [2.75, 3.05) is 0 Å². The second-order valence-electron chi connectivity index (χ2n) is 5.90. The highest BCUT2D eigenvalue weighted by molar-refractivity contribution is 7.14. The molecule has 0 saturated heterocycles. The number of aryl methyl sites for hydroxylation is 1. The van der Waals surface area contributed by atoms with E-state index in [4.69, 9.17) is 0 Å². The van der Waals surface area contributed by atoms with Crippen molar-refractivity contribution < 1.29 is 4.79 Å². The van der Waals surface area contributed by atoms with Crippen molar-refractivity contribution in [2.24, 2.45) is 0 Å². The smallest absolute Gasteiger partial charge is 0.195 e. The van der Waals surface area contributed by atoms with E-state index >= 15 is 0 Å². The first-order chi connectivity index (χ1) is 11.7. The van der Waals surface area contributed by atoms with Gasteiger partial charge in [-0.25, -0.2) is 0 Å². The predicted octanol–water partition coefficient (Wildman–Crippen LogP) is 6.71. The summed E-state index contributed by atoms with van der Waals surface area (Å²) in [5, 5.41) is 0. The highest BCUT2D eigenvalue weighted by Gasteiger charge is 2.05. The van der Waals surface area contributed by atoms with Crippen LogP contribution < -0.4 is 0 Å². The number of ketones is 1. The van der Waals surface area contributed by atoms with Crippen LogP contribution in [0, 0.1) is 0 Å². The Bertz CT molecular complexity index is 692. The molecule has 1 nitrogen and oxygen atoms in total. The summed E-state index contributed by atoms with van der Waals surface area (Å²) in [5.41, 5.74) is 2.40. The average molecular weight is 339 g/mol. The highest BCUT2D eigenvalue weighted by Crippen LogP contribution is 2.19. The van der Waals surface area contributed by atoms with E-state index in [9.17, 15) is 4.79 Å². The van der Waals surface area contributed by atoms with Crippen LogP contribution in [0.3, 0.4) is 0 Å². The lowest BCUT2D eigenvalue weighted by molar-refractivity contribution is 0.105. The van der Waals surface area contributed by atoms with E-state index in [-0.39, 0.29) is 5.78 Å². The lowest BCUT2D eigenvalue weighted by Gasteiger charge is -2.03. The monoisotopic (exact) mass is 338 g/mol. The largest absolute Gasteiger partial charge is 0.288 e. The lowest BCUT2D eigenvalue weighted by Crippen LogP contribution is -1.90. The van der Waals surface area contributed by atoms with Gasteiger partial charge in [0.1, 0.15) is 0 Å². The molecule has 0 aliphatic heterocycles. The summed E-state index contributed by atoms with van der Waals surface area (Å²) in [7, 11) is 0. The van der Waals surface area contributed by atoms with Crippen LogP contribution in [0.1, 0.15) is 59.6 Å². The zero-order chi connectivity index (χ0) is 17.2. The van der Waals surface area contributed by atoms with Crippen LogP contribution in [0.4, 0.5) is 0 Å². The molecule has 2 aromatic rings. The van der Waals surface area contributed by atoms with Gasteiger partial charge in [-0.3, -0.25) is 4.79 Å². The first-order valence-electron chi connectivity index (χ1n) is 8.79. The number of benzene rings is 1. The van der Waals surface area contributed by atoms with Gasteiger partial charge in [0.25, 0.3) is 0 Å². The molecule has 1 heterocycles. The molecule has 126 valence electrons. The van der Waals surface area contributed by atoms with Gasteiger partial charge in [-0.1, -0.05) is 69.2 Å². The van der Waals surface area contributed by atoms with Crippen molar-refractivity contribution in [3.05, 3.63) is 75.5 Å². The van der Waals surface area contributed by atoms with E-state index in [0.717, 1.165) is 24.1 Å². The van der Waals surface area contributed by atoms with Gasteiger partial charge >= 0.3 is 0 Å². The molecule has 0 saturated carbocycles. The van der Waals surface area contributed by atoms with E-state index in [2.05, 4.69) is 32.1 Å². The number of unbranched alkanes of at least 4 members (excludes halogenated alkanes) is 2. The van der Waals surface area contributed by atoms with Gasteiger partial charge in [0, 0.05) is 4.88 Å². The second kappa shape index (κ2) is 10.0. The maximum absolute atomic E-state index is 12.4.